The van der Waals surface area contributed by atoms with Crippen LogP contribution in [-0.2, 0) is 14.8 Å². The van der Waals surface area contributed by atoms with Gasteiger partial charge in [-0.1, -0.05) is 12.1 Å². The average Bonchev–Trinajstić information content (AvgIpc) is 2.65. The molecule has 0 aliphatic carbocycles. The Morgan fingerprint density at radius 1 is 1.00 bits per heavy atom. The molecule has 2 rings (SSSR count). The van der Waals surface area contributed by atoms with Crippen molar-refractivity contribution in [1.29, 1.82) is 0 Å². The van der Waals surface area contributed by atoms with Crippen LogP contribution in [0.2, 0.25) is 0 Å². The number of nitrogens with one attached hydrogen (secondary N) is 3. The first-order valence-electron chi connectivity index (χ1n) is 9.04. The summed E-state index contributed by atoms with van der Waals surface area (Å²) in [4.78, 5) is 24.2. The lowest BCUT2D eigenvalue weighted by atomic mass is 10.1. The molecule has 0 saturated heterocycles. The summed E-state index contributed by atoms with van der Waals surface area (Å²) in [5.74, 6) is -2.06. The molecule has 0 fully saturated rings. The molecule has 2 amide bonds. The van der Waals surface area contributed by atoms with Crippen molar-refractivity contribution in [2.75, 3.05) is 0 Å². The van der Waals surface area contributed by atoms with Crippen LogP contribution in [0.1, 0.15) is 38.1 Å². The maximum atomic E-state index is 13.6. The van der Waals surface area contributed by atoms with Crippen LogP contribution in [0, 0.1) is 5.82 Å². The molecule has 0 radical (unpaired) electrons. The van der Waals surface area contributed by atoms with Gasteiger partial charge in [0.25, 0.3) is 11.8 Å². The smallest absolute Gasteiger partial charge is 0.279 e. The topological polar surface area (TPSA) is 114 Å². The standard InChI is InChI=1S/C20H24FN3O5S/c1-13(29-17-8-6-5-7-16(17)21)18(25)22-23-19(26)14-9-11-15(12-10-14)30(27,28)24-20(2,3)4/h5-13,24H,1-4H3,(H,22,25)(H,23,26). The Hall–Kier alpha value is -2.98. The van der Waals surface area contributed by atoms with E-state index >= 15 is 0 Å². The van der Waals surface area contributed by atoms with E-state index in [9.17, 15) is 22.4 Å². The number of halogens is 1. The first-order valence-corrected chi connectivity index (χ1v) is 10.5. The fraction of sp³-hybridized carbons (Fsp3) is 0.300. The summed E-state index contributed by atoms with van der Waals surface area (Å²) in [6.07, 6.45) is -1.07. The molecule has 2 aromatic rings. The van der Waals surface area contributed by atoms with Crippen molar-refractivity contribution in [3.8, 4) is 5.75 Å². The van der Waals surface area contributed by atoms with E-state index in [2.05, 4.69) is 15.6 Å². The zero-order valence-corrected chi connectivity index (χ0v) is 17.8. The van der Waals surface area contributed by atoms with Crippen molar-refractivity contribution >= 4 is 21.8 Å². The van der Waals surface area contributed by atoms with Crippen LogP contribution in [0.25, 0.3) is 0 Å². The van der Waals surface area contributed by atoms with Crippen LogP contribution < -0.4 is 20.3 Å². The normalized spacial score (nSPS) is 12.7. The first kappa shape index (κ1) is 23.3. The number of benzene rings is 2. The van der Waals surface area contributed by atoms with Crippen LogP contribution in [0.15, 0.2) is 53.4 Å². The third-order valence-corrected chi connectivity index (χ3v) is 5.45. The zero-order chi connectivity index (χ0) is 22.5. The molecule has 0 aliphatic rings. The molecule has 0 aromatic heterocycles. The fourth-order valence-corrected chi connectivity index (χ4v) is 3.74. The second-order valence-electron chi connectivity index (χ2n) is 7.51. The van der Waals surface area contributed by atoms with Gasteiger partial charge in [0.15, 0.2) is 17.7 Å². The lowest BCUT2D eigenvalue weighted by molar-refractivity contribution is -0.128. The molecule has 0 heterocycles. The Balaban J connectivity index is 1.94. The number of para-hydroxylation sites is 1. The Labute approximate surface area is 174 Å². The summed E-state index contributed by atoms with van der Waals surface area (Å²) in [7, 11) is -3.73. The van der Waals surface area contributed by atoms with Crippen molar-refractivity contribution in [3.05, 3.63) is 59.9 Å². The average molecular weight is 437 g/mol. The molecule has 0 aliphatic heterocycles. The number of rotatable bonds is 6. The van der Waals surface area contributed by atoms with Gasteiger partial charge in [0.2, 0.25) is 10.0 Å². The summed E-state index contributed by atoms with van der Waals surface area (Å²) in [6.45, 7) is 6.54. The minimum atomic E-state index is -3.73. The quantitative estimate of drug-likeness (QED) is 0.599. The van der Waals surface area contributed by atoms with Crippen LogP contribution in [0.5, 0.6) is 5.75 Å². The molecule has 0 saturated carbocycles. The highest BCUT2D eigenvalue weighted by Gasteiger charge is 2.22. The number of carbonyl (C=O) groups excluding carboxylic acids is 2. The second-order valence-corrected chi connectivity index (χ2v) is 9.20. The van der Waals surface area contributed by atoms with Gasteiger partial charge in [0, 0.05) is 11.1 Å². The Bertz CT molecular complexity index is 1020. The van der Waals surface area contributed by atoms with E-state index in [0.29, 0.717) is 0 Å². The Morgan fingerprint density at radius 3 is 2.17 bits per heavy atom. The molecule has 0 bridgehead atoms. The minimum absolute atomic E-state index is 0.00456. The van der Waals surface area contributed by atoms with Gasteiger partial charge in [-0.2, -0.15) is 0 Å². The number of hydrogen-bond donors (Lipinski definition) is 3. The molecule has 1 atom stereocenters. The maximum Gasteiger partial charge on any atom is 0.279 e. The molecule has 3 N–H and O–H groups in total. The number of sulfonamides is 1. The third kappa shape index (κ3) is 6.53. The predicted molar refractivity (Wildman–Crippen MR) is 109 cm³/mol. The van der Waals surface area contributed by atoms with Crippen LogP contribution in [-0.4, -0.2) is 31.9 Å². The number of hydrazine groups is 1. The van der Waals surface area contributed by atoms with Gasteiger partial charge in [-0.25, -0.2) is 17.5 Å². The first-order chi connectivity index (χ1) is 13.9. The number of ether oxygens (including phenoxy) is 1. The van der Waals surface area contributed by atoms with Gasteiger partial charge in [-0.15, -0.1) is 0 Å². The highest BCUT2D eigenvalue weighted by atomic mass is 32.2. The third-order valence-electron chi connectivity index (χ3n) is 3.68. The van der Waals surface area contributed by atoms with E-state index in [1.54, 1.807) is 26.8 Å². The number of carbonyl (C=O) groups is 2. The van der Waals surface area contributed by atoms with Gasteiger partial charge < -0.3 is 4.74 Å². The highest BCUT2D eigenvalue weighted by molar-refractivity contribution is 7.89. The van der Waals surface area contributed by atoms with E-state index < -0.39 is 39.3 Å². The van der Waals surface area contributed by atoms with Crippen molar-refractivity contribution in [3.63, 3.8) is 0 Å². The van der Waals surface area contributed by atoms with E-state index in [0.717, 1.165) is 0 Å². The predicted octanol–water partition coefficient (Wildman–Crippen LogP) is 2.13. The SMILES string of the molecule is CC(Oc1ccccc1F)C(=O)NNC(=O)c1ccc(S(=O)(=O)NC(C)(C)C)cc1. The second kappa shape index (κ2) is 9.23. The molecular formula is C20H24FN3O5S. The maximum absolute atomic E-state index is 13.6. The molecule has 2 aromatic carbocycles. The molecule has 30 heavy (non-hydrogen) atoms. The van der Waals surface area contributed by atoms with Crippen LogP contribution in [0.4, 0.5) is 4.39 Å². The molecule has 0 spiro atoms. The monoisotopic (exact) mass is 437 g/mol. The van der Waals surface area contributed by atoms with Gasteiger partial charge in [-0.05, 0) is 64.1 Å². The van der Waals surface area contributed by atoms with E-state index in [4.69, 9.17) is 4.74 Å². The Kier molecular flexibility index (Phi) is 7.16. The van der Waals surface area contributed by atoms with Crippen molar-refractivity contribution in [2.24, 2.45) is 0 Å². The summed E-state index contributed by atoms with van der Waals surface area (Å²) < 4.78 is 45.9. The van der Waals surface area contributed by atoms with Gasteiger partial charge >= 0.3 is 0 Å². The molecule has 8 nitrogen and oxygen atoms in total. The lowest BCUT2D eigenvalue weighted by Gasteiger charge is -2.20. The molecule has 10 heteroatoms. The molecule has 1 unspecified atom stereocenters. The van der Waals surface area contributed by atoms with Crippen molar-refractivity contribution < 1.29 is 27.1 Å². The largest absolute Gasteiger partial charge is 0.478 e. The highest BCUT2D eigenvalue weighted by Crippen LogP contribution is 2.17. The van der Waals surface area contributed by atoms with Crippen LogP contribution >= 0.6 is 0 Å². The van der Waals surface area contributed by atoms with E-state index in [1.165, 1.54) is 49.4 Å². The summed E-state index contributed by atoms with van der Waals surface area (Å²) in [6, 6.07) is 10.8. The summed E-state index contributed by atoms with van der Waals surface area (Å²) in [5.41, 5.74) is 3.86. The summed E-state index contributed by atoms with van der Waals surface area (Å²) >= 11 is 0. The van der Waals surface area contributed by atoms with Gasteiger partial charge in [-0.3, -0.25) is 20.4 Å². The van der Waals surface area contributed by atoms with Crippen molar-refractivity contribution in [1.82, 2.24) is 15.6 Å². The van der Waals surface area contributed by atoms with Gasteiger partial charge in [0.1, 0.15) is 0 Å². The van der Waals surface area contributed by atoms with E-state index in [1.807, 2.05) is 0 Å². The van der Waals surface area contributed by atoms with E-state index in [-0.39, 0.29) is 16.2 Å². The van der Waals surface area contributed by atoms with Crippen LogP contribution in [0.3, 0.4) is 0 Å². The lowest BCUT2D eigenvalue weighted by Crippen LogP contribution is -2.47. The minimum Gasteiger partial charge on any atom is -0.478 e. The van der Waals surface area contributed by atoms with Gasteiger partial charge in [0.05, 0.1) is 4.90 Å². The fourth-order valence-electron chi connectivity index (χ4n) is 2.32. The number of hydrogen-bond acceptors (Lipinski definition) is 5. The summed E-state index contributed by atoms with van der Waals surface area (Å²) in [5, 5.41) is 0. The molecule has 162 valence electrons. The number of amides is 2. The zero-order valence-electron chi connectivity index (χ0n) is 17.0. The van der Waals surface area contributed by atoms with Crippen molar-refractivity contribution in [2.45, 2.75) is 44.2 Å². The Morgan fingerprint density at radius 2 is 1.60 bits per heavy atom. The molecular weight excluding hydrogens is 413 g/mol.